The topological polar surface area (TPSA) is 51.2 Å². The van der Waals surface area contributed by atoms with Gasteiger partial charge in [-0.05, 0) is 68.0 Å². The molecule has 1 heterocycles. The van der Waals surface area contributed by atoms with Crippen molar-refractivity contribution in [1.29, 1.82) is 0 Å². The van der Waals surface area contributed by atoms with Gasteiger partial charge < -0.3 is 10.1 Å². The zero-order valence-corrected chi connectivity index (χ0v) is 16.0. The molecule has 4 nitrogen and oxygen atoms in total. The molecule has 29 heavy (non-hydrogen) atoms. The third-order valence-corrected chi connectivity index (χ3v) is 4.21. The van der Waals surface area contributed by atoms with Gasteiger partial charge >= 0.3 is 0 Å². The Kier molecular flexibility index (Phi) is 6.34. The van der Waals surface area contributed by atoms with Gasteiger partial charge in [-0.25, -0.2) is 8.78 Å². The molecule has 3 rings (SSSR count). The Morgan fingerprint density at radius 2 is 1.93 bits per heavy atom. The first-order chi connectivity index (χ1) is 13.9. The van der Waals surface area contributed by atoms with E-state index in [1.165, 1.54) is 12.2 Å². The second-order valence-electron chi connectivity index (χ2n) is 6.54. The Balaban J connectivity index is 1.64. The van der Waals surface area contributed by atoms with E-state index in [1.807, 2.05) is 50.2 Å². The molecule has 1 atom stereocenters. The summed E-state index contributed by atoms with van der Waals surface area (Å²) in [5, 5.41) is 2.79. The fourth-order valence-corrected chi connectivity index (χ4v) is 2.65. The minimum atomic E-state index is -0.598. The number of ether oxygens (including phenoxy) is 1. The van der Waals surface area contributed by atoms with Crippen LogP contribution in [0.1, 0.15) is 29.8 Å². The number of hydrogen-bond acceptors (Lipinski definition) is 3. The number of amides is 1. The molecule has 148 valence electrons. The first kappa shape index (κ1) is 20.2. The Labute approximate surface area is 167 Å². The summed E-state index contributed by atoms with van der Waals surface area (Å²) in [5.74, 6) is -0.356. The van der Waals surface area contributed by atoms with E-state index in [0.29, 0.717) is 11.5 Å². The number of aromatic nitrogens is 1. The van der Waals surface area contributed by atoms with Gasteiger partial charge in [-0.1, -0.05) is 12.1 Å². The normalized spacial score (nSPS) is 12.0. The van der Waals surface area contributed by atoms with Crippen molar-refractivity contribution in [2.24, 2.45) is 0 Å². The van der Waals surface area contributed by atoms with Crippen LogP contribution in [0.25, 0.3) is 6.08 Å². The first-order valence-electron chi connectivity index (χ1n) is 9.05. The fraction of sp³-hybridized carbons (Fsp3) is 0.130. The fourth-order valence-electron chi connectivity index (χ4n) is 2.65. The maximum Gasteiger partial charge on any atom is 0.244 e. The van der Waals surface area contributed by atoms with E-state index in [4.69, 9.17) is 4.74 Å². The summed E-state index contributed by atoms with van der Waals surface area (Å²) < 4.78 is 32.6. The average Bonchev–Trinajstić information content (AvgIpc) is 2.70. The summed E-state index contributed by atoms with van der Waals surface area (Å²) in [5.41, 5.74) is 1.74. The molecule has 3 aromatic rings. The molecule has 6 heteroatoms. The van der Waals surface area contributed by atoms with Crippen molar-refractivity contribution in [3.63, 3.8) is 0 Å². The molecule has 0 aliphatic carbocycles. The van der Waals surface area contributed by atoms with Crippen LogP contribution in [0.15, 0.2) is 66.9 Å². The highest BCUT2D eigenvalue weighted by atomic mass is 19.1. The molecule has 0 bridgehead atoms. The van der Waals surface area contributed by atoms with Crippen LogP contribution in [-0.4, -0.2) is 10.9 Å². The second-order valence-corrected chi connectivity index (χ2v) is 6.54. The highest BCUT2D eigenvalue weighted by Gasteiger charge is 2.10. The van der Waals surface area contributed by atoms with Crippen molar-refractivity contribution < 1.29 is 18.3 Å². The Hall–Kier alpha value is -3.54. The van der Waals surface area contributed by atoms with Gasteiger partial charge in [0.25, 0.3) is 0 Å². The zero-order chi connectivity index (χ0) is 20.8. The van der Waals surface area contributed by atoms with Crippen molar-refractivity contribution in [3.05, 3.63) is 95.3 Å². The molecular weight excluding hydrogens is 374 g/mol. The van der Waals surface area contributed by atoms with E-state index in [2.05, 4.69) is 10.3 Å². The number of nitrogens with one attached hydrogen (secondary N) is 1. The standard InChI is InChI=1S/C23H20F2N2O2/c1-15-6-9-21(14-26-15)29-20-5-3-4-17(13-20)16(2)27-23(28)11-7-18-12-19(24)8-10-22(18)25/h3-14,16H,1-2H3,(H,27,28)/b11-7+/t16-/m0/s1. The van der Waals surface area contributed by atoms with Crippen LogP contribution in [0.2, 0.25) is 0 Å². The van der Waals surface area contributed by atoms with Gasteiger partial charge in [0.15, 0.2) is 0 Å². The van der Waals surface area contributed by atoms with Crippen LogP contribution < -0.4 is 10.1 Å². The van der Waals surface area contributed by atoms with Crippen LogP contribution in [0, 0.1) is 18.6 Å². The molecular formula is C23H20F2N2O2. The number of hydrogen-bond donors (Lipinski definition) is 1. The molecule has 1 amide bonds. The predicted molar refractivity (Wildman–Crippen MR) is 107 cm³/mol. The molecule has 2 aromatic carbocycles. The van der Waals surface area contributed by atoms with Crippen LogP contribution >= 0.6 is 0 Å². The van der Waals surface area contributed by atoms with E-state index in [1.54, 1.807) is 6.20 Å². The summed E-state index contributed by atoms with van der Waals surface area (Å²) in [6.07, 6.45) is 4.06. The van der Waals surface area contributed by atoms with Crippen LogP contribution in [0.5, 0.6) is 11.5 Å². The summed E-state index contributed by atoms with van der Waals surface area (Å²) in [7, 11) is 0. The number of benzene rings is 2. The van der Waals surface area contributed by atoms with Gasteiger partial charge in [0, 0.05) is 17.3 Å². The van der Waals surface area contributed by atoms with Crippen molar-refractivity contribution in [1.82, 2.24) is 10.3 Å². The number of carbonyl (C=O) groups is 1. The molecule has 0 saturated heterocycles. The van der Waals surface area contributed by atoms with Crippen LogP contribution in [0.4, 0.5) is 8.78 Å². The van der Waals surface area contributed by atoms with Gasteiger partial charge in [0.1, 0.15) is 23.1 Å². The lowest BCUT2D eigenvalue weighted by Gasteiger charge is -2.14. The van der Waals surface area contributed by atoms with E-state index < -0.39 is 17.5 Å². The Morgan fingerprint density at radius 1 is 1.10 bits per heavy atom. The van der Waals surface area contributed by atoms with Gasteiger partial charge in [-0.3, -0.25) is 9.78 Å². The second kappa shape index (κ2) is 9.10. The monoisotopic (exact) mass is 394 g/mol. The molecule has 0 fully saturated rings. The number of rotatable bonds is 6. The summed E-state index contributed by atoms with van der Waals surface area (Å²) in [4.78, 5) is 16.3. The molecule has 0 saturated carbocycles. The lowest BCUT2D eigenvalue weighted by Crippen LogP contribution is -2.24. The van der Waals surface area contributed by atoms with E-state index in [9.17, 15) is 13.6 Å². The van der Waals surface area contributed by atoms with Crippen LogP contribution in [-0.2, 0) is 4.79 Å². The molecule has 1 N–H and O–H groups in total. The Bertz CT molecular complexity index is 1030. The number of nitrogens with zero attached hydrogens (tertiary/aromatic N) is 1. The highest BCUT2D eigenvalue weighted by molar-refractivity contribution is 5.92. The maximum absolute atomic E-state index is 13.6. The summed E-state index contributed by atoms with van der Waals surface area (Å²) in [6, 6.07) is 13.8. The quantitative estimate of drug-likeness (QED) is 0.573. The third-order valence-electron chi connectivity index (χ3n) is 4.21. The number of carbonyl (C=O) groups excluding carboxylic acids is 1. The number of halogens is 2. The molecule has 0 radical (unpaired) electrons. The minimum absolute atomic E-state index is 0.00917. The summed E-state index contributed by atoms with van der Waals surface area (Å²) in [6.45, 7) is 3.72. The lowest BCUT2D eigenvalue weighted by molar-refractivity contribution is -0.117. The molecule has 0 unspecified atom stereocenters. The lowest BCUT2D eigenvalue weighted by atomic mass is 10.1. The predicted octanol–water partition coefficient (Wildman–Crippen LogP) is 5.35. The third kappa shape index (κ3) is 5.72. The zero-order valence-electron chi connectivity index (χ0n) is 16.0. The summed E-state index contributed by atoms with van der Waals surface area (Å²) >= 11 is 0. The van der Waals surface area contributed by atoms with Crippen molar-refractivity contribution in [2.45, 2.75) is 19.9 Å². The molecule has 1 aromatic heterocycles. The molecule has 0 spiro atoms. The maximum atomic E-state index is 13.6. The van der Waals surface area contributed by atoms with E-state index in [-0.39, 0.29) is 11.6 Å². The van der Waals surface area contributed by atoms with E-state index in [0.717, 1.165) is 29.5 Å². The molecule has 0 aliphatic heterocycles. The Morgan fingerprint density at radius 3 is 2.69 bits per heavy atom. The van der Waals surface area contributed by atoms with Gasteiger partial charge in [-0.15, -0.1) is 0 Å². The first-order valence-corrected chi connectivity index (χ1v) is 9.05. The van der Waals surface area contributed by atoms with Crippen LogP contribution in [0.3, 0.4) is 0 Å². The number of pyridine rings is 1. The van der Waals surface area contributed by atoms with Crippen molar-refractivity contribution in [3.8, 4) is 11.5 Å². The molecule has 0 aliphatic rings. The number of aryl methyl sites for hydroxylation is 1. The minimum Gasteiger partial charge on any atom is -0.456 e. The smallest absolute Gasteiger partial charge is 0.244 e. The van der Waals surface area contributed by atoms with Crippen molar-refractivity contribution >= 4 is 12.0 Å². The van der Waals surface area contributed by atoms with Gasteiger partial charge in [-0.2, -0.15) is 0 Å². The van der Waals surface area contributed by atoms with Crippen molar-refractivity contribution in [2.75, 3.05) is 0 Å². The largest absolute Gasteiger partial charge is 0.456 e. The average molecular weight is 394 g/mol. The highest BCUT2D eigenvalue weighted by Crippen LogP contribution is 2.24. The SMILES string of the molecule is Cc1ccc(Oc2cccc([C@H](C)NC(=O)/C=C/c3cc(F)ccc3F)c2)cn1. The van der Waals surface area contributed by atoms with Gasteiger partial charge in [0.05, 0.1) is 12.2 Å². The van der Waals surface area contributed by atoms with E-state index >= 15 is 0 Å². The van der Waals surface area contributed by atoms with Gasteiger partial charge in [0.2, 0.25) is 5.91 Å².